The SMILES string of the molecule is Cn1cc(CN(C(=O)NCc2csc(N3CCOCC3)n2)C2CC2)cn1. The first kappa shape index (κ1) is 17.3. The maximum absolute atomic E-state index is 12.7. The number of aromatic nitrogens is 3. The van der Waals surface area contributed by atoms with Crippen molar-refractivity contribution in [3.63, 3.8) is 0 Å². The molecule has 0 bridgehead atoms. The first-order chi connectivity index (χ1) is 12.7. The third-order valence-corrected chi connectivity index (χ3v) is 5.55. The first-order valence-electron chi connectivity index (χ1n) is 8.98. The van der Waals surface area contributed by atoms with Gasteiger partial charge in [-0.05, 0) is 12.8 Å². The van der Waals surface area contributed by atoms with Gasteiger partial charge in [-0.25, -0.2) is 9.78 Å². The Labute approximate surface area is 156 Å². The minimum absolute atomic E-state index is 0.0303. The molecular weight excluding hydrogens is 352 g/mol. The van der Waals surface area contributed by atoms with Crippen molar-refractivity contribution < 1.29 is 9.53 Å². The Balaban J connectivity index is 1.32. The Morgan fingerprint density at radius 1 is 1.42 bits per heavy atom. The Hall–Kier alpha value is -2.13. The molecule has 0 atom stereocenters. The van der Waals surface area contributed by atoms with Crippen LogP contribution in [-0.2, 0) is 24.9 Å². The lowest BCUT2D eigenvalue weighted by Crippen LogP contribution is -2.40. The van der Waals surface area contributed by atoms with E-state index in [4.69, 9.17) is 4.74 Å². The number of rotatable bonds is 6. The molecule has 4 rings (SSSR count). The summed E-state index contributed by atoms with van der Waals surface area (Å²) in [7, 11) is 1.89. The van der Waals surface area contributed by atoms with E-state index in [1.807, 2.05) is 29.7 Å². The maximum Gasteiger partial charge on any atom is 0.318 e. The van der Waals surface area contributed by atoms with Crippen LogP contribution in [0.1, 0.15) is 24.1 Å². The molecule has 2 aromatic heterocycles. The van der Waals surface area contributed by atoms with E-state index in [2.05, 4.69) is 20.3 Å². The van der Waals surface area contributed by atoms with Crippen LogP contribution in [0.4, 0.5) is 9.93 Å². The van der Waals surface area contributed by atoms with Crippen molar-refractivity contribution in [1.82, 2.24) is 25.0 Å². The molecule has 8 nitrogen and oxygen atoms in total. The smallest absolute Gasteiger partial charge is 0.318 e. The molecule has 2 aliphatic rings. The van der Waals surface area contributed by atoms with Gasteiger partial charge in [0.25, 0.3) is 0 Å². The van der Waals surface area contributed by atoms with E-state index in [-0.39, 0.29) is 6.03 Å². The van der Waals surface area contributed by atoms with Crippen molar-refractivity contribution in [2.24, 2.45) is 7.05 Å². The Bertz CT molecular complexity index is 750. The summed E-state index contributed by atoms with van der Waals surface area (Å²) >= 11 is 1.62. The van der Waals surface area contributed by atoms with Crippen LogP contribution in [0.3, 0.4) is 0 Å². The van der Waals surface area contributed by atoms with Gasteiger partial charge < -0.3 is 19.9 Å². The number of thiazole rings is 1. The fourth-order valence-corrected chi connectivity index (χ4v) is 3.93. The fourth-order valence-electron chi connectivity index (χ4n) is 3.05. The average Bonchev–Trinajstić information content (AvgIpc) is 3.24. The van der Waals surface area contributed by atoms with Gasteiger partial charge >= 0.3 is 6.03 Å². The van der Waals surface area contributed by atoms with Crippen molar-refractivity contribution in [2.45, 2.75) is 32.0 Å². The quantitative estimate of drug-likeness (QED) is 0.829. The second-order valence-electron chi connectivity index (χ2n) is 6.76. The summed E-state index contributed by atoms with van der Waals surface area (Å²) < 4.78 is 7.14. The van der Waals surface area contributed by atoms with Crippen molar-refractivity contribution >= 4 is 22.5 Å². The highest BCUT2D eigenvalue weighted by Gasteiger charge is 2.32. The van der Waals surface area contributed by atoms with Crippen LogP contribution in [0.2, 0.25) is 0 Å². The Morgan fingerprint density at radius 2 is 2.23 bits per heavy atom. The number of urea groups is 1. The number of hydrogen-bond acceptors (Lipinski definition) is 6. The number of morpholine rings is 1. The molecule has 2 aromatic rings. The van der Waals surface area contributed by atoms with E-state index in [9.17, 15) is 4.79 Å². The normalized spacial score (nSPS) is 17.3. The van der Waals surface area contributed by atoms with E-state index < -0.39 is 0 Å². The van der Waals surface area contributed by atoms with Crippen molar-refractivity contribution in [2.75, 3.05) is 31.2 Å². The van der Waals surface area contributed by atoms with Gasteiger partial charge in [-0.1, -0.05) is 0 Å². The van der Waals surface area contributed by atoms with Crippen molar-refractivity contribution in [3.05, 3.63) is 29.0 Å². The molecule has 1 N–H and O–H groups in total. The number of ether oxygens (including phenoxy) is 1. The predicted molar refractivity (Wildman–Crippen MR) is 99.2 cm³/mol. The van der Waals surface area contributed by atoms with E-state index in [1.165, 1.54) is 0 Å². The van der Waals surface area contributed by atoms with Crippen molar-refractivity contribution in [1.29, 1.82) is 0 Å². The Kier molecular flexibility index (Phi) is 5.07. The Morgan fingerprint density at radius 3 is 2.92 bits per heavy atom. The lowest BCUT2D eigenvalue weighted by atomic mass is 10.3. The lowest BCUT2D eigenvalue weighted by Gasteiger charge is -2.26. The van der Waals surface area contributed by atoms with E-state index >= 15 is 0 Å². The lowest BCUT2D eigenvalue weighted by molar-refractivity contribution is 0.122. The molecule has 1 saturated carbocycles. The van der Waals surface area contributed by atoms with Gasteiger partial charge in [-0.3, -0.25) is 4.68 Å². The van der Waals surface area contributed by atoms with Gasteiger partial charge in [-0.15, -0.1) is 11.3 Å². The second kappa shape index (κ2) is 7.63. The van der Waals surface area contributed by atoms with Crippen LogP contribution < -0.4 is 10.2 Å². The zero-order valence-corrected chi connectivity index (χ0v) is 15.7. The molecule has 0 radical (unpaired) electrons. The highest BCUT2D eigenvalue weighted by atomic mass is 32.1. The summed E-state index contributed by atoms with van der Waals surface area (Å²) in [6.07, 6.45) is 5.92. The molecule has 1 aliphatic heterocycles. The molecule has 3 heterocycles. The number of carbonyl (C=O) groups is 1. The highest BCUT2D eigenvalue weighted by Crippen LogP contribution is 2.28. The number of hydrogen-bond donors (Lipinski definition) is 1. The number of amides is 2. The van der Waals surface area contributed by atoms with Crippen LogP contribution in [-0.4, -0.2) is 58.0 Å². The van der Waals surface area contributed by atoms with E-state index in [0.717, 1.165) is 55.5 Å². The zero-order chi connectivity index (χ0) is 17.9. The maximum atomic E-state index is 12.7. The minimum atomic E-state index is -0.0303. The molecule has 9 heteroatoms. The van der Waals surface area contributed by atoms with Crippen molar-refractivity contribution in [3.8, 4) is 0 Å². The zero-order valence-electron chi connectivity index (χ0n) is 14.9. The molecule has 0 unspecified atom stereocenters. The third kappa shape index (κ3) is 4.16. The molecule has 0 aromatic carbocycles. The molecule has 26 heavy (non-hydrogen) atoms. The monoisotopic (exact) mass is 376 g/mol. The standard InChI is InChI=1S/C17H24N6O2S/c1-21-10-13(8-19-21)11-23(15-2-3-15)16(24)18-9-14-12-26-17(20-14)22-4-6-25-7-5-22/h8,10,12,15H,2-7,9,11H2,1H3,(H,18,24). The van der Waals surface area contributed by atoms with E-state index in [1.54, 1.807) is 16.0 Å². The summed E-state index contributed by atoms with van der Waals surface area (Å²) in [5.74, 6) is 0. The summed E-state index contributed by atoms with van der Waals surface area (Å²) in [5, 5.41) is 10.2. The van der Waals surface area contributed by atoms with Gasteiger partial charge in [0.05, 0.1) is 38.2 Å². The largest absolute Gasteiger partial charge is 0.378 e. The highest BCUT2D eigenvalue weighted by molar-refractivity contribution is 7.13. The molecule has 140 valence electrons. The predicted octanol–water partition coefficient (Wildman–Crippen LogP) is 1.59. The number of nitrogens with one attached hydrogen (secondary N) is 1. The fraction of sp³-hybridized carbons (Fsp3) is 0.588. The minimum Gasteiger partial charge on any atom is -0.378 e. The average molecular weight is 376 g/mol. The molecule has 2 amide bonds. The molecular formula is C17H24N6O2S. The number of nitrogens with zero attached hydrogens (tertiary/aromatic N) is 5. The molecule has 2 fully saturated rings. The van der Waals surface area contributed by atoms with Gasteiger partial charge in [0, 0.05) is 43.3 Å². The van der Waals surface area contributed by atoms with Gasteiger partial charge in [-0.2, -0.15) is 5.10 Å². The van der Waals surface area contributed by atoms with Gasteiger partial charge in [0.1, 0.15) is 0 Å². The first-order valence-corrected chi connectivity index (χ1v) is 9.86. The number of aryl methyl sites for hydroxylation is 1. The molecule has 1 saturated heterocycles. The third-order valence-electron chi connectivity index (χ3n) is 4.60. The summed E-state index contributed by atoms with van der Waals surface area (Å²) in [4.78, 5) is 21.5. The molecule has 1 aliphatic carbocycles. The van der Waals surface area contributed by atoms with Crippen LogP contribution in [0.5, 0.6) is 0 Å². The van der Waals surface area contributed by atoms with Crippen LogP contribution in [0.25, 0.3) is 0 Å². The van der Waals surface area contributed by atoms with Crippen LogP contribution >= 0.6 is 11.3 Å². The topological polar surface area (TPSA) is 75.5 Å². The van der Waals surface area contributed by atoms with Gasteiger partial charge in [0.15, 0.2) is 5.13 Å². The number of carbonyl (C=O) groups excluding carboxylic acids is 1. The summed E-state index contributed by atoms with van der Waals surface area (Å²) in [6.45, 7) is 4.29. The summed E-state index contributed by atoms with van der Waals surface area (Å²) in [5.41, 5.74) is 1.96. The summed E-state index contributed by atoms with van der Waals surface area (Å²) in [6, 6.07) is 0.312. The van der Waals surface area contributed by atoms with E-state index in [0.29, 0.717) is 19.1 Å². The second-order valence-corrected chi connectivity index (χ2v) is 7.60. The van der Waals surface area contributed by atoms with Gasteiger partial charge in [0.2, 0.25) is 0 Å². The van der Waals surface area contributed by atoms with Crippen LogP contribution in [0.15, 0.2) is 17.8 Å². The molecule has 0 spiro atoms. The number of anilines is 1. The van der Waals surface area contributed by atoms with Crippen LogP contribution in [0, 0.1) is 0 Å².